The van der Waals surface area contributed by atoms with Crippen LogP contribution in [0.5, 0.6) is 0 Å². The van der Waals surface area contributed by atoms with Crippen molar-refractivity contribution in [2.75, 3.05) is 6.26 Å². The number of hydrogen-bond donors (Lipinski definition) is 0. The van der Waals surface area contributed by atoms with Crippen molar-refractivity contribution in [3.05, 3.63) is 36.4 Å². The number of rotatable bonds is 3. The van der Waals surface area contributed by atoms with Crippen molar-refractivity contribution in [1.29, 1.82) is 0 Å². The minimum atomic E-state index is 0.583. The molecular formula is C10H9N7S. The molecule has 0 saturated heterocycles. The topological polar surface area (TPSA) is 73.3 Å². The Bertz CT molecular complexity index is 685. The van der Waals surface area contributed by atoms with Gasteiger partial charge in [-0.25, -0.2) is 0 Å². The van der Waals surface area contributed by atoms with Crippen molar-refractivity contribution in [3.8, 4) is 0 Å². The second-order valence-electron chi connectivity index (χ2n) is 3.40. The number of fused-ring (bicyclic) bond motifs is 1. The van der Waals surface area contributed by atoms with Gasteiger partial charge in [-0.3, -0.25) is 4.98 Å². The summed E-state index contributed by atoms with van der Waals surface area (Å²) in [6, 6.07) is 3.77. The van der Waals surface area contributed by atoms with Crippen molar-refractivity contribution in [1.82, 2.24) is 29.5 Å². The zero-order valence-corrected chi connectivity index (χ0v) is 10.3. The average molecular weight is 259 g/mol. The second-order valence-corrected chi connectivity index (χ2v) is 4.18. The Balaban J connectivity index is 1.96. The molecule has 3 rings (SSSR count). The van der Waals surface area contributed by atoms with Gasteiger partial charge in [0.05, 0.1) is 6.21 Å². The highest BCUT2D eigenvalue weighted by atomic mass is 32.2. The number of nitrogens with zero attached hydrogens (tertiary/aromatic N) is 7. The molecule has 0 unspecified atom stereocenters. The summed E-state index contributed by atoms with van der Waals surface area (Å²) in [7, 11) is 0. The van der Waals surface area contributed by atoms with Crippen LogP contribution in [-0.2, 0) is 0 Å². The third kappa shape index (κ3) is 1.86. The lowest BCUT2D eigenvalue weighted by Gasteiger charge is -1.91. The van der Waals surface area contributed by atoms with Gasteiger partial charge in [-0.05, 0) is 12.3 Å². The summed E-state index contributed by atoms with van der Waals surface area (Å²) in [6.45, 7) is 0. The number of aromatic nitrogens is 6. The highest BCUT2D eigenvalue weighted by Crippen LogP contribution is 2.11. The molecule has 3 aromatic heterocycles. The fourth-order valence-corrected chi connectivity index (χ4v) is 1.87. The Hall–Kier alpha value is -2.22. The molecule has 3 aromatic rings. The lowest BCUT2D eigenvalue weighted by Crippen LogP contribution is -1.91. The summed E-state index contributed by atoms with van der Waals surface area (Å²) < 4.78 is 3.21. The summed E-state index contributed by atoms with van der Waals surface area (Å²) in [5, 5.41) is 17.2. The minimum Gasteiger partial charge on any atom is -0.264 e. The van der Waals surface area contributed by atoms with E-state index in [2.05, 4.69) is 25.4 Å². The van der Waals surface area contributed by atoms with Gasteiger partial charge < -0.3 is 0 Å². The van der Waals surface area contributed by atoms with Gasteiger partial charge >= 0.3 is 0 Å². The normalized spacial score (nSPS) is 11.6. The number of thioether (sulfide) groups is 1. The predicted octanol–water partition coefficient (Wildman–Crippen LogP) is 0.925. The highest BCUT2D eigenvalue weighted by Gasteiger charge is 2.08. The van der Waals surface area contributed by atoms with Crippen LogP contribution in [0.3, 0.4) is 0 Å². The van der Waals surface area contributed by atoms with Gasteiger partial charge in [-0.2, -0.15) is 19.4 Å². The Morgan fingerprint density at radius 1 is 1.39 bits per heavy atom. The first-order valence-corrected chi connectivity index (χ1v) is 6.38. The molecule has 90 valence electrons. The first-order chi connectivity index (χ1) is 8.88. The lowest BCUT2D eigenvalue weighted by molar-refractivity contribution is 0.817. The maximum absolute atomic E-state index is 4.27. The molecule has 0 atom stereocenters. The predicted molar refractivity (Wildman–Crippen MR) is 67.8 cm³/mol. The second kappa shape index (κ2) is 4.57. The molecule has 0 N–H and O–H groups in total. The van der Waals surface area contributed by atoms with Crippen molar-refractivity contribution in [2.24, 2.45) is 5.10 Å². The minimum absolute atomic E-state index is 0.583. The molecule has 0 amide bonds. The summed E-state index contributed by atoms with van der Waals surface area (Å²) in [5.41, 5.74) is 0.911. The average Bonchev–Trinajstić information content (AvgIpc) is 2.99. The van der Waals surface area contributed by atoms with Gasteiger partial charge in [0.2, 0.25) is 5.16 Å². The maximum Gasteiger partial charge on any atom is 0.275 e. The Morgan fingerprint density at radius 2 is 2.33 bits per heavy atom. The fraction of sp³-hybridized carbons (Fsp3) is 0.100. The molecule has 3 heterocycles. The molecule has 0 bridgehead atoms. The number of pyridine rings is 1. The van der Waals surface area contributed by atoms with Crippen molar-refractivity contribution in [2.45, 2.75) is 5.16 Å². The SMILES string of the molecule is CSc1nnc2n(/N=C/c3cccnc3)cnn12. The van der Waals surface area contributed by atoms with Gasteiger partial charge in [-0.1, -0.05) is 17.8 Å². The van der Waals surface area contributed by atoms with Crippen LogP contribution in [0.4, 0.5) is 0 Å². The molecule has 0 aliphatic rings. The molecule has 0 saturated carbocycles. The molecule has 18 heavy (non-hydrogen) atoms. The number of hydrogen-bond acceptors (Lipinski definition) is 6. The maximum atomic E-state index is 4.27. The summed E-state index contributed by atoms with van der Waals surface area (Å²) in [4.78, 5) is 4.01. The van der Waals surface area contributed by atoms with Gasteiger partial charge in [0.1, 0.15) is 6.33 Å². The quantitative estimate of drug-likeness (QED) is 0.516. The van der Waals surface area contributed by atoms with E-state index in [4.69, 9.17) is 0 Å². The van der Waals surface area contributed by atoms with E-state index in [9.17, 15) is 0 Å². The summed E-state index contributed by atoms with van der Waals surface area (Å²) >= 11 is 1.48. The third-order valence-electron chi connectivity index (χ3n) is 2.28. The van der Waals surface area contributed by atoms with Crippen molar-refractivity contribution >= 4 is 23.8 Å². The van der Waals surface area contributed by atoms with Crippen LogP contribution in [-0.4, -0.2) is 41.9 Å². The van der Waals surface area contributed by atoms with Crippen LogP contribution in [0.1, 0.15) is 5.56 Å². The van der Waals surface area contributed by atoms with Gasteiger partial charge in [0, 0.05) is 18.0 Å². The molecule has 0 fully saturated rings. The van der Waals surface area contributed by atoms with E-state index < -0.39 is 0 Å². The molecule has 0 aliphatic heterocycles. The largest absolute Gasteiger partial charge is 0.275 e. The van der Waals surface area contributed by atoms with E-state index in [0.717, 1.165) is 10.7 Å². The molecule has 7 nitrogen and oxygen atoms in total. The van der Waals surface area contributed by atoms with E-state index in [-0.39, 0.29) is 0 Å². The first-order valence-electron chi connectivity index (χ1n) is 5.15. The first kappa shape index (κ1) is 10.9. The van der Waals surface area contributed by atoms with Crippen LogP contribution < -0.4 is 0 Å². The Labute approximate surface area is 107 Å². The van der Waals surface area contributed by atoms with Crippen LogP contribution in [0, 0.1) is 0 Å². The van der Waals surface area contributed by atoms with Crippen LogP contribution >= 0.6 is 11.8 Å². The Morgan fingerprint density at radius 3 is 3.11 bits per heavy atom. The van der Waals surface area contributed by atoms with E-state index >= 15 is 0 Å². The summed E-state index contributed by atoms with van der Waals surface area (Å²) in [6.07, 6.45) is 8.66. The molecular weight excluding hydrogens is 250 g/mol. The molecule has 0 aromatic carbocycles. The lowest BCUT2D eigenvalue weighted by atomic mass is 10.3. The molecule has 0 spiro atoms. The highest BCUT2D eigenvalue weighted by molar-refractivity contribution is 7.98. The molecule has 0 aliphatic carbocycles. The van der Waals surface area contributed by atoms with Gasteiger partial charge in [0.15, 0.2) is 0 Å². The van der Waals surface area contributed by atoms with E-state index in [1.54, 1.807) is 34.1 Å². The van der Waals surface area contributed by atoms with E-state index in [1.807, 2.05) is 18.4 Å². The van der Waals surface area contributed by atoms with Crippen LogP contribution in [0.25, 0.3) is 5.78 Å². The van der Waals surface area contributed by atoms with Gasteiger partial charge in [0.25, 0.3) is 5.78 Å². The summed E-state index contributed by atoms with van der Waals surface area (Å²) in [5.74, 6) is 0.583. The smallest absolute Gasteiger partial charge is 0.264 e. The standard InChI is InChI=1S/C10H9N7S/c1-18-10-15-14-9-16(7-13-17(9)10)12-6-8-3-2-4-11-5-8/h2-7H,1H3/b12-6+. The Kier molecular flexibility index (Phi) is 2.77. The van der Waals surface area contributed by atoms with E-state index in [1.165, 1.54) is 11.8 Å². The monoisotopic (exact) mass is 259 g/mol. The van der Waals surface area contributed by atoms with Crippen LogP contribution in [0.15, 0.2) is 41.1 Å². The van der Waals surface area contributed by atoms with Gasteiger partial charge in [-0.15, -0.1) is 10.2 Å². The van der Waals surface area contributed by atoms with Crippen LogP contribution in [0.2, 0.25) is 0 Å². The zero-order valence-electron chi connectivity index (χ0n) is 9.50. The third-order valence-corrected chi connectivity index (χ3v) is 2.89. The molecule has 0 radical (unpaired) electrons. The van der Waals surface area contributed by atoms with Crippen molar-refractivity contribution in [3.63, 3.8) is 0 Å². The fourth-order valence-electron chi connectivity index (χ4n) is 1.44. The van der Waals surface area contributed by atoms with Crippen molar-refractivity contribution < 1.29 is 0 Å². The van der Waals surface area contributed by atoms with E-state index in [0.29, 0.717) is 5.78 Å². The molecule has 8 heteroatoms. The zero-order chi connectivity index (χ0) is 12.4.